The number of hydrogen-bond acceptors (Lipinski definition) is 4. The Hall–Kier alpha value is -3.45. The molecule has 3 atom stereocenters. The lowest BCUT2D eigenvalue weighted by molar-refractivity contribution is -0.142. The molecule has 0 unspecified atom stereocenters. The molecule has 3 heterocycles. The molecule has 2 aromatic carbocycles. The predicted molar refractivity (Wildman–Crippen MR) is 127 cm³/mol. The molecular formula is C27H28FN3O3. The second-order valence-corrected chi connectivity index (χ2v) is 9.07. The largest absolute Gasteiger partial charge is 0.495 e. The van der Waals surface area contributed by atoms with Crippen molar-refractivity contribution < 1.29 is 19.0 Å². The summed E-state index contributed by atoms with van der Waals surface area (Å²) in [5.74, 6) is 0.290. The van der Waals surface area contributed by atoms with Crippen molar-refractivity contribution in [2.24, 2.45) is 0 Å². The van der Waals surface area contributed by atoms with Gasteiger partial charge in [0.05, 0.1) is 43.0 Å². The van der Waals surface area contributed by atoms with Crippen molar-refractivity contribution in [2.45, 2.75) is 50.8 Å². The van der Waals surface area contributed by atoms with Crippen molar-refractivity contribution in [1.82, 2.24) is 14.5 Å². The average molecular weight is 462 g/mol. The molecule has 0 saturated carbocycles. The fourth-order valence-corrected chi connectivity index (χ4v) is 5.20. The van der Waals surface area contributed by atoms with E-state index in [9.17, 15) is 14.3 Å². The van der Waals surface area contributed by atoms with Crippen molar-refractivity contribution in [1.29, 1.82) is 0 Å². The normalized spacial score (nSPS) is 23.8. The number of hydrogen-bond donors (Lipinski definition) is 1. The molecular weight excluding hydrogens is 433 g/mol. The monoisotopic (exact) mass is 461 g/mol. The fourth-order valence-electron chi connectivity index (χ4n) is 5.20. The Balaban J connectivity index is 1.47. The van der Waals surface area contributed by atoms with E-state index in [0.29, 0.717) is 17.7 Å². The van der Waals surface area contributed by atoms with Crippen molar-refractivity contribution >= 4 is 12.0 Å². The molecule has 7 heteroatoms. The van der Waals surface area contributed by atoms with E-state index in [1.165, 1.54) is 12.1 Å². The van der Waals surface area contributed by atoms with Gasteiger partial charge in [-0.1, -0.05) is 18.2 Å². The summed E-state index contributed by atoms with van der Waals surface area (Å²) in [6, 6.07) is 11.7. The first kappa shape index (κ1) is 22.3. The molecule has 34 heavy (non-hydrogen) atoms. The number of halogens is 1. The second kappa shape index (κ2) is 9.06. The highest BCUT2D eigenvalue weighted by Gasteiger charge is 2.43. The van der Waals surface area contributed by atoms with Gasteiger partial charge < -0.3 is 19.3 Å². The maximum atomic E-state index is 13.6. The van der Waals surface area contributed by atoms with Gasteiger partial charge in [0.1, 0.15) is 11.6 Å². The number of amides is 1. The number of imidazole rings is 1. The lowest BCUT2D eigenvalue weighted by atomic mass is 9.82. The third-order valence-electron chi connectivity index (χ3n) is 6.84. The lowest BCUT2D eigenvalue weighted by Crippen LogP contribution is -2.55. The van der Waals surface area contributed by atoms with Gasteiger partial charge in [0.2, 0.25) is 0 Å². The van der Waals surface area contributed by atoms with Crippen LogP contribution in [0.5, 0.6) is 5.75 Å². The van der Waals surface area contributed by atoms with E-state index < -0.39 is 6.10 Å². The number of rotatable bonds is 4. The number of carbonyl (C=O) groups excluding carboxylic acids is 1. The molecule has 0 spiro atoms. The Labute approximate surface area is 198 Å². The second-order valence-electron chi connectivity index (χ2n) is 9.07. The average Bonchev–Trinajstić information content (AvgIpc) is 3.28. The third-order valence-corrected chi connectivity index (χ3v) is 6.84. The zero-order valence-electron chi connectivity index (χ0n) is 19.3. The molecule has 2 saturated heterocycles. The standard InChI is InChI=1S/C27H28FN3O3/c1-17-15-30(16-29-17)24-11-6-18(13-26(24)34-2)12-20-14-25(32)23-5-3-4-22(31(23)27(20)33)19-7-9-21(28)10-8-19/h6-13,15-16,22-23,25,32H,3-5,14H2,1-2H3/b20-12+/t22-,23-,25-/m1/s1. The molecule has 1 N–H and O–H groups in total. The van der Waals surface area contributed by atoms with Gasteiger partial charge in [0.25, 0.3) is 5.91 Å². The Bertz CT molecular complexity index is 1230. The molecule has 2 aliphatic heterocycles. The zero-order chi connectivity index (χ0) is 23.8. The minimum absolute atomic E-state index is 0.0717. The van der Waals surface area contributed by atoms with Crippen molar-refractivity contribution in [3.05, 3.63) is 83.2 Å². The number of carbonyl (C=O) groups is 1. The molecule has 1 aromatic heterocycles. The van der Waals surface area contributed by atoms with Crippen LogP contribution in [0.3, 0.4) is 0 Å². The van der Waals surface area contributed by atoms with E-state index in [2.05, 4.69) is 4.98 Å². The predicted octanol–water partition coefficient (Wildman–Crippen LogP) is 4.60. The molecule has 6 nitrogen and oxygen atoms in total. The summed E-state index contributed by atoms with van der Waals surface area (Å²) in [5.41, 5.74) is 4.04. The third kappa shape index (κ3) is 4.12. The van der Waals surface area contributed by atoms with Crippen LogP contribution in [0.1, 0.15) is 48.5 Å². The SMILES string of the molecule is COc1cc(/C=C2\C[C@@H](O)[C@H]3CCC[C@H](c4ccc(F)cc4)N3C2=O)ccc1-n1cnc(C)c1. The van der Waals surface area contributed by atoms with Crippen LogP contribution in [-0.4, -0.2) is 44.7 Å². The molecule has 0 radical (unpaired) electrons. The number of ether oxygens (including phenoxy) is 1. The van der Waals surface area contributed by atoms with Crippen LogP contribution in [-0.2, 0) is 4.79 Å². The van der Waals surface area contributed by atoms with Crippen LogP contribution >= 0.6 is 0 Å². The topological polar surface area (TPSA) is 67.6 Å². The van der Waals surface area contributed by atoms with Gasteiger partial charge in [0.15, 0.2) is 0 Å². The van der Waals surface area contributed by atoms with Gasteiger partial charge in [-0.3, -0.25) is 4.79 Å². The summed E-state index contributed by atoms with van der Waals surface area (Å²) in [7, 11) is 1.61. The van der Waals surface area contributed by atoms with Crippen LogP contribution in [0.4, 0.5) is 4.39 Å². The molecule has 2 fully saturated rings. The Morgan fingerprint density at radius 1 is 1.18 bits per heavy atom. The summed E-state index contributed by atoms with van der Waals surface area (Å²) >= 11 is 0. The van der Waals surface area contributed by atoms with Crippen molar-refractivity contribution in [2.75, 3.05) is 7.11 Å². The van der Waals surface area contributed by atoms with Gasteiger partial charge in [-0.2, -0.15) is 0 Å². The summed E-state index contributed by atoms with van der Waals surface area (Å²) in [6.45, 7) is 1.93. The summed E-state index contributed by atoms with van der Waals surface area (Å²) in [6.07, 6.45) is 7.64. The molecule has 0 aliphatic carbocycles. The van der Waals surface area contributed by atoms with E-state index in [1.807, 2.05) is 46.9 Å². The van der Waals surface area contributed by atoms with E-state index in [1.54, 1.807) is 25.6 Å². The lowest BCUT2D eigenvalue weighted by Gasteiger charge is -2.48. The van der Waals surface area contributed by atoms with Gasteiger partial charge in [-0.25, -0.2) is 9.37 Å². The first-order valence-corrected chi connectivity index (χ1v) is 11.6. The number of aliphatic hydroxyl groups is 1. The Morgan fingerprint density at radius 3 is 2.68 bits per heavy atom. The first-order valence-electron chi connectivity index (χ1n) is 11.6. The highest BCUT2D eigenvalue weighted by atomic mass is 19.1. The maximum Gasteiger partial charge on any atom is 0.250 e. The number of benzene rings is 2. The summed E-state index contributed by atoms with van der Waals surface area (Å²) in [4.78, 5) is 19.7. The molecule has 0 bridgehead atoms. The van der Waals surface area contributed by atoms with Gasteiger partial charge >= 0.3 is 0 Å². The van der Waals surface area contributed by atoms with Gasteiger partial charge in [0, 0.05) is 18.2 Å². The van der Waals surface area contributed by atoms with E-state index in [4.69, 9.17) is 4.74 Å². The zero-order valence-corrected chi connectivity index (χ0v) is 19.3. The summed E-state index contributed by atoms with van der Waals surface area (Å²) in [5, 5.41) is 10.9. The smallest absolute Gasteiger partial charge is 0.250 e. The van der Waals surface area contributed by atoms with E-state index in [-0.39, 0.29) is 23.8 Å². The van der Waals surface area contributed by atoms with E-state index in [0.717, 1.165) is 41.8 Å². The van der Waals surface area contributed by atoms with Crippen molar-refractivity contribution in [3.8, 4) is 11.4 Å². The number of piperidine rings is 2. The first-order chi connectivity index (χ1) is 16.4. The molecule has 176 valence electrons. The number of aromatic nitrogens is 2. The van der Waals surface area contributed by atoms with Gasteiger partial charge in [-0.05, 0) is 67.7 Å². The molecule has 5 rings (SSSR count). The van der Waals surface area contributed by atoms with Crippen LogP contribution in [0.15, 0.2) is 60.6 Å². The quantitative estimate of drug-likeness (QED) is 0.577. The molecule has 1 amide bonds. The number of aryl methyl sites for hydroxylation is 1. The van der Waals surface area contributed by atoms with Gasteiger partial charge in [-0.15, -0.1) is 0 Å². The highest BCUT2D eigenvalue weighted by Crippen LogP contribution is 2.41. The van der Waals surface area contributed by atoms with Crippen LogP contribution < -0.4 is 4.74 Å². The van der Waals surface area contributed by atoms with Crippen LogP contribution in [0.2, 0.25) is 0 Å². The number of aliphatic hydroxyl groups excluding tert-OH is 1. The Kier molecular flexibility index (Phi) is 5.96. The number of fused-ring (bicyclic) bond motifs is 1. The maximum absolute atomic E-state index is 13.6. The minimum Gasteiger partial charge on any atom is -0.495 e. The molecule has 2 aliphatic rings. The number of nitrogens with zero attached hydrogens (tertiary/aromatic N) is 3. The Morgan fingerprint density at radius 2 is 1.97 bits per heavy atom. The highest BCUT2D eigenvalue weighted by molar-refractivity contribution is 5.99. The van der Waals surface area contributed by atoms with Crippen molar-refractivity contribution in [3.63, 3.8) is 0 Å². The molecule has 3 aromatic rings. The van der Waals surface area contributed by atoms with Crippen LogP contribution in [0.25, 0.3) is 11.8 Å². The van der Waals surface area contributed by atoms with Crippen LogP contribution in [0, 0.1) is 12.7 Å². The number of methoxy groups -OCH3 is 1. The summed E-state index contributed by atoms with van der Waals surface area (Å²) < 4.78 is 21.0. The minimum atomic E-state index is -0.637. The fraction of sp³-hybridized carbons (Fsp3) is 0.333. The van der Waals surface area contributed by atoms with E-state index >= 15 is 0 Å².